The molecule has 3 N–H and O–H groups in total. The highest BCUT2D eigenvalue weighted by atomic mass is 32.1. The third-order valence-corrected chi connectivity index (χ3v) is 10.4. The van der Waals surface area contributed by atoms with E-state index in [-0.39, 0.29) is 0 Å². The Hall–Kier alpha value is -0.930. The lowest BCUT2D eigenvalue weighted by atomic mass is 9.04. The molecule has 0 bridgehead atoms. The normalized spacial score (nSPS) is 51.4. The lowest BCUT2D eigenvalue weighted by Crippen LogP contribution is -2.97. The SMILES string of the molecule is CC12CC3CC4(C(=S)NC5CCC(CN)CC5)CC(c5ccccc5)(C1)C324. The molecule has 2 nitrogen and oxygen atoms in total. The van der Waals surface area contributed by atoms with Crippen molar-refractivity contribution in [1.29, 1.82) is 0 Å². The monoisotopic (exact) mass is 380 g/mol. The summed E-state index contributed by atoms with van der Waals surface area (Å²) in [7, 11) is 0. The van der Waals surface area contributed by atoms with Gasteiger partial charge in [-0.15, -0.1) is 0 Å². The summed E-state index contributed by atoms with van der Waals surface area (Å²) < 4.78 is 0. The Morgan fingerprint density at radius 1 is 1.11 bits per heavy atom. The Kier molecular flexibility index (Phi) is 3.24. The minimum Gasteiger partial charge on any atom is -0.376 e. The molecule has 0 saturated heterocycles. The van der Waals surface area contributed by atoms with Crippen molar-refractivity contribution >= 4 is 17.2 Å². The maximum Gasteiger partial charge on any atom is 0.0824 e. The first-order valence-electron chi connectivity index (χ1n) is 11.1. The average Bonchev–Trinajstić information content (AvgIpc) is 2.64. The summed E-state index contributed by atoms with van der Waals surface area (Å²) in [6.45, 7) is 3.41. The first kappa shape index (κ1) is 17.0. The predicted molar refractivity (Wildman–Crippen MR) is 114 cm³/mol. The van der Waals surface area contributed by atoms with E-state index >= 15 is 0 Å². The summed E-state index contributed by atoms with van der Waals surface area (Å²) in [6, 6.07) is 12.0. The predicted octanol–water partition coefficient (Wildman–Crippen LogP) is 4.57. The van der Waals surface area contributed by atoms with Gasteiger partial charge in [0.25, 0.3) is 0 Å². The van der Waals surface area contributed by atoms with Gasteiger partial charge in [-0.05, 0) is 80.7 Å². The van der Waals surface area contributed by atoms with E-state index in [0.717, 1.165) is 18.4 Å². The molecule has 0 amide bonds. The van der Waals surface area contributed by atoms with Crippen LogP contribution in [0.1, 0.15) is 63.9 Å². The van der Waals surface area contributed by atoms with Crippen molar-refractivity contribution < 1.29 is 0 Å². The Morgan fingerprint density at radius 2 is 1.85 bits per heavy atom. The number of nitrogens with one attached hydrogen (secondary N) is 1. The third kappa shape index (κ3) is 1.64. The van der Waals surface area contributed by atoms with Gasteiger partial charge in [-0.3, -0.25) is 0 Å². The zero-order valence-corrected chi connectivity index (χ0v) is 17.3. The molecule has 5 aliphatic rings. The van der Waals surface area contributed by atoms with Crippen LogP contribution < -0.4 is 11.1 Å². The fourth-order valence-corrected chi connectivity index (χ4v) is 9.91. The van der Waals surface area contributed by atoms with Crippen LogP contribution in [0.15, 0.2) is 30.3 Å². The first-order valence-corrected chi connectivity index (χ1v) is 11.5. The lowest BCUT2D eigenvalue weighted by molar-refractivity contribution is -0.465. The molecule has 3 heteroatoms. The van der Waals surface area contributed by atoms with E-state index in [1.807, 2.05) is 0 Å². The smallest absolute Gasteiger partial charge is 0.0824 e. The molecule has 6 rings (SSSR count). The number of rotatable bonds is 4. The first-order chi connectivity index (χ1) is 13.0. The molecule has 1 aromatic carbocycles. The largest absolute Gasteiger partial charge is 0.376 e. The van der Waals surface area contributed by atoms with Crippen LogP contribution in [0.25, 0.3) is 0 Å². The van der Waals surface area contributed by atoms with Gasteiger partial charge in [0, 0.05) is 22.3 Å². The summed E-state index contributed by atoms with van der Waals surface area (Å²) in [5, 5.41) is 3.88. The van der Waals surface area contributed by atoms with Crippen molar-refractivity contribution in [3.63, 3.8) is 0 Å². The second kappa shape index (κ2) is 5.16. The molecule has 0 heterocycles. The Morgan fingerprint density at radius 3 is 2.48 bits per heavy atom. The zero-order chi connectivity index (χ0) is 18.5. The number of thiocarbonyl (C=S) groups is 1. The summed E-state index contributed by atoms with van der Waals surface area (Å²) in [4.78, 5) is 1.23. The van der Waals surface area contributed by atoms with Crippen molar-refractivity contribution in [2.75, 3.05) is 6.54 Å². The van der Waals surface area contributed by atoms with Gasteiger partial charge < -0.3 is 11.1 Å². The summed E-state index contributed by atoms with van der Waals surface area (Å²) in [5.41, 5.74) is 9.21. The lowest BCUT2D eigenvalue weighted by Gasteiger charge is -2.99. The topological polar surface area (TPSA) is 38.0 Å². The maximum atomic E-state index is 6.15. The quantitative estimate of drug-likeness (QED) is 0.752. The molecule has 27 heavy (non-hydrogen) atoms. The van der Waals surface area contributed by atoms with Gasteiger partial charge in [0.1, 0.15) is 0 Å². The fraction of sp³-hybridized carbons (Fsp3) is 0.708. The van der Waals surface area contributed by atoms with Gasteiger partial charge in [-0.1, -0.05) is 49.5 Å². The zero-order valence-electron chi connectivity index (χ0n) is 16.5. The summed E-state index contributed by atoms with van der Waals surface area (Å²) in [5.74, 6) is 1.65. The molecule has 144 valence electrons. The maximum absolute atomic E-state index is 6.15. The molecule has 5 fully saturated rings. The highest BCUT2D eigenvalue weighted by Crippen LogP contribution is 3.01. The van der Waals surface area contributed by atoms with Gasteiger partial charge in [0.05, 0.1) is 4.99 Å². The number of hydrogen-bond acceptors (Lipinski definition) is 2. The molecule has 5 atom stereocenters. The van der Waals surface area contributed by atoms with Crippen LogP contribution in [-0.4, -0.2) is 17.6 Å². The van der Waals surface area contributed by atoms with Gasteiger partial charge in [-0.25, -0.2) is 0 Å². The van der Waals surface area contributed by atoms with Crippen molar-refractivity contribution in [2.24, 2.45) is 33.8 Å². The van der Waals surface area contributed by atoms with Crippen LogP contribution in [0.2, 0.25) is 0 Å². The molecule has 5 unspecified atom stereocenters. The Balaban J connectivity index is 1.26. The van der Waals surface area contributed by atoms with E-state index in [4.69, 9.17) is 18.0 Å². The van der Waals surface area contributed by atoms with Crippen LogP contribution in [0, 0.1) is 28.1 Å². The van der Waals surface area contributed by atoms with E-state index < -0.39 is 0 Å². The average molecular weight is 381 g/mol. The minimum atomic E-state index is 0.304. The third-order valence-electron chi connectivity index (χ3n) is 9.94. The minimum absolute atomic E-state index is 0.304. The van der Waals surface area contributed by atoms with Crippen molar-refractivity contribution in [3.05, 3.63) is 35.9 Å². The van der Waals surface area contributed by atoms with E-state index in [1.165, 1.54) is 56.4 Å². The van der Waals surface area contributed by atoms with E-state index in [1.54, 1.807) is 5.56 Å². The standard InChI is InChI=1S/C24H32N2S/c1-21-11-18-12-22(20(27)26-19-9-7-16(13-25)8-10-19)15-23(14-21,24(18,21)22)17-5-3-2-4-6-17/h2-6,16,18-19H,7-15,25H2,1H3,(H,26,27). The van der Waals surface area contributed by atoms with Crippen LogP contribution >= 0.6 is 12.2 Å². The van der Waals surface area contributed by atoms with Gasteiger partial charge in [0.15, 0.2) is 0 Å². The fourth-order valence-electron chi connectivity index (χ4n) is 9.43. The van der Waals surface area contributed by atoms with Crippen LogP contribution in [-0.2, 0) is 5.41 Å². The van der Waals surface area contributed by atoms with Crippen LogP contribution in [0.3, 0.4) is 0 Å². The van der Waals surface area contributed by atoms with Crippen LogP contribution in [0.4, 0.5) is 0 Å². The summed E-state index contributed by atoms with van der Waals surface area (Å²) >= 11 is 6.15. The highest BCUT2D eigenvalue weighted by Gasteiger charge is 2.98. The molecular weight excluding hydrogens is 348 g/mol. The highest BCUT2D eigenvalue weighted by molar-refractivity contribution is 7.80. The number of nitrogens with two attached hydrogens (primary N) is 1. The molecule has 5 aliphatic carbocycles. The summed E-state index contributed by atoms with van der Waals surface area (Å²) in [6.07, 6.45) is 10.5. The van der Waals surface area contributed by atoms with Gasteiger partial charge in [0.2, 0.25) is 0 Å². The molecule has 0 aromatic heterocycles. The Bertz CT molecular complexity index is 800. The van der Waals surface area contributed by atoms with Gasteiger partial charge in [-0.2, -0.15) is 0 Å². The van der Waals surface area contributed by atoms with Gasteiger partial charge >= 0.3 is 0 Å². The Labute approximate surface area is 168 Å². The molecule has 5 saturated carbocycles. The van der Waals surface area contributed by atoms with Crippen molar-refractivity contribution in [1.82, 2.24) is 5.32 Å². The van der Waals surface area contributed by atoms with E-state index in [2.05, 4.69) is 42.6 Å². The molecule has 0 radical (unpaired) electrons. The second-order valence-electron chi connectivity index (χ2n) is 10.8. The molecule has 1 spiro atoms. The van der Waals surface area contributed by atoms with E-state index in [0.29, 0.717) is 27.7 Å². The molecule has 0 aliphatic heterocycles. The number of hydrogen-bond donors (Lipinski definition) is 2. The van der Waals surface area contributed by atoms with E-state index in [9.17, 15) is 0 Å². The van der Waals surface area contributed by atoms with Crippen molar-refractivity contribution in [3.8, 4) is 0 Å². The van der Waals surface area contributed by atoms with Crippen molar-refractivity contribution in [2.45, 2.75) is 69.7 Å². The second-order valence-corrected chi connectivity index (χ2v) is 11.2. The number of benzene rings is 1. The molecular formula is C24H32N2S. The van der Waals surface area contributed by atoms with Crippen LogP contribution in [0.5, 0.6) is 0 Å². The molecule has 1 aromatic rings.